The molecule has 1 saturated carbocycles. The van der Waals surface area contributed by atoms with Gasteiger partial charge in [0.05, 0.1) is 5.60 Å². The third-order valence-electron chi connectivity index (χ3n) is 4.81. The zero-order chi connectivity index (χ0) is 12.6. The Bertz CT molecular complexity index is 410. The van der Waals surface area contributed by atoms with E-state index in [0.717, 1.165) is 12.5 Å². The zero-order valence-corrected chi connectivity index (χ0v) is 12.2. The molecule has 1 aromatic rings. The standard InChI is InChI=1S/C15H23NOS/c1-11-9-18-10-13(11)14(16-2)12-4-7-17-15(8-12)5-3-6-15/h9-10,12,14,16H,3-8H2,1-2H3. The van der Waals surface area contributed by atoms with Gasteiger partial charge in [-0.05, 0) is 73.9 Å². The maximum atomic E-state index is 6.05. The molecule has 1 aliphatic heterocycles. The van der Waals surface area contributed by atoms with Crippen molar-refractivity contribution >= 4 is 11.3 Å². The molecule has 2 aliphatic rings. The first-order chi connectivity index (χ1) is 8.74. The Labute approximate surface area is 114 Å². The number of aryl methyl sites for hydroxylation is 1. The van der Waals surface area contributed by atoms with Crippen LogP contribution in [0.2, 0.25) is 0 Å². The average molecular weight is 265 g/mol. The average Bonchev–Trinajstić information content (AvgIpc) is 2.75. The highest BCUT2D eigenvalue weighted by Gasteiger charge is 2.44. The Hall–Kier alpha value is -0.380. The van der Waals surface area contributed by atoms with E-state index in [0.29, 0.717) is 6.04 Å². The summed E-state index contributed by atoms with van der Waals surface area (Å²) < 4.78 is 6.05. The van der Waals surface area contributed by atoms with Crippen molar-refractivity contribution in [3.8, 4) is 0 Å². The molecule has 2 atom stereocenters. The molecule has 2 nitrogen and oxygen atoms in total. The number of hydrogen-bond donors (Lipinski definition) is 1. The van der Waals surface area contributed by atoms with E-state index in [-0.39, 0.29) is 5.60 Å². The SMILES string of the molecule is CNC(c1cscc1C)C1CCOC2(CCC2)C1. The molecule has 1 spiro atoms. The summed E-state index contributed by atoms with van der Waals surface area (Å²) in [6.45, 7) is 3.18. The maximum absolute atomic E-state index is 6.05. The maximum Gasteiger partial charge on any atom is 0.0686 e. The molecule has 1 N–H and O–H groups in total. The van der Waals surface area contributed by atoms with E-state index >= 15 is 0 Å². The molecule has 100 valence electrons. The summed E-state index contributed by atoms with van der Waals surface area (Å²) in [4.78, 5) is 0. The Morgan fingerprint density at radius 2 is 2.28 bits per heavy atom. The van der Waals surface area contributed by atoms with Crippen molar-refractivity contribution < 1.29 is 4.74 Å². The van der Waals surface area contributed by atoms with Crippen LogP contribution in [0.4, 0.5) is 0 Å². The predicted molar refractivity (Wildman–Crippen MR) is 76.1 cm³/mol. The molecular weight excluding hydrogens is 242 g/mol. The first-order valence-electron chi connectivity index (χ1n) is 7.08. The van der Waals surface area contributed by atoms with E-state index in [1.54, 1.807) is 0 Å². The fourth-order valence-corrected chi connectivity index (χ4v) is 4.49. The number of nitrogens with one attached hydrogen (secondary N) is 1. The van der Waals surface area contributed by atoms with Gasteiger partial charge in [0.2, 0.25) is 0 Å². The summed E-state index contributed by atoms with van der Waals surface area (Å²) in [5.41, 5.74) is 3.19. The first kappa shape index (κ1) is 12.6. The van der Waals surface area contributed by atoms with Crippen LogP contribution < -0.4 is 5.32 Å². The lowest BCUT2D eigenvalue weighted by atomic mass is 9.69. The minimum absolute atomic E-state index is 0.252. The van der Waals surface area contributed by atoms with Crippen LogP contribution in [-0.4, -0.2) is 19.3 Å². The van der Waals surface area contributed by atoms with E-state index in [4.69, 9.17) is 4.74 Å². The van der Waals surface area contributed by atoms with Gasteiger partial charge in [0.25, 0.3) is 0 Å². The molecule has 0 bridgehead atoms. The van der Waals surface area contributed by atoms with Gasteiger partial charge < -0.3 is 10.1 Å². The number of rotatable bonds is 3. The van der Waals surface area contributed by atoms with E-state index in [2.05, 4.69) is 30.0 Å². The van der Waals surface area contributed by atoms with Crippen LogP contribution in [0.5, 0.6) is 0 Å². The van der Waals surface area contributed by atoms with Gasteiger partial charge in [-0.15, -0.1) is 0 Å². The van der Waals surface area contributed by atoms with E-state index in [1.165, 1.54) is 43.2 Å². The second-order valence-corrected chi connectivity index (χ2v) is 6.66. The van der Waals surface area contributed by atoms with Crippen LogP contribution in [0.25, 0.3) is 0 Å². The number of ether oxygens (including phenoxy) is 1. The van der Waals surface area contributed by atoms with Gasteiger partial charge in [-0.1, -0.05) is 0 Å². The Kier molecular flexibility index (Phi) is 3.48. The highest BCUT2D eigenvalue weighted by Crippen LogP contribution is 2.47. The first-order valence-corrected chi connectivity index (χ1v) is 8.02. The molecule has 2 fully saturated rings. The highest BCUT2D eigenvalue weighted by atomic mass is 32.1. The van der Waals surface area contributed by atoms with Crippen LogP contribution in [0.15, 0.2) is 10.8 Å². The third kappa shape index (κ3) is 2.13. The van der Waals surface area contributed by atoms with E-state index in [1.807, 2.05) is 11.3 Å². The summed E-state index contributed by atoms with van der Waals surface area (Å²) in [5.74, 6) is 0.734. The van der Waals surface area contributed by atoms with Gasteiger partial charge in [-0.25, -0.2) is 0 Å². The molecule has 3 heteroatoms. The fourth-order valence-electron chi connectivity index (χ4n) is 3.60. The van der Waals surface area contributed by atoms with Gasteiger partial charge in [0.1, 0.15) is 0 Å². The normalized spacial score (nSPS) is 28.0. The summed E-state index contributed by atoms with van der Waals surface area (Å²) in [7, 11) is 2.10. The zero-order valence-electron chi connectivity index (χ0n) is 11.4. The van der Waals surface area contributed by atoms with Gasteiger partial charge in [0, 0.05) is 12.6 Å². The van der Waals surface area contributed by atoms with Crippen molar-refractivity contribution in [1.29, 1.82) is 0 Å². The Balaban J connectivity index is 1.77. The summed E-state index contributed by atoms with van der Waals surface area (Å²) in [6, 6.07) is 0.512. The van der Waals surface area contributed by atoms with Crippen molar-refractivity contribution in [3.63, 3.8) is 0 Å². The smallest absolute Gasteiger partial charge is 0.0686 e. The Morgan fingerprint density at radius 1 is 1.44 bits per heavy atom. The van der Waals surface area contributed by atoms with Gasteiger partial charge in [-0.3, -0.25) is 0 Å². The van der Waals surface area contributed by atoms with Crippen LogP contribution in [0, 0.1) is 12.8 Å². The summed E-state index contributed by atoms with van der Waals surface area (Å²) >= 11 is 1.82. The monoisotopic (exact) mass is 265 g/mol. The molecule has 0 radical (unpaired) electrons. The highest BCUT2D eigenvalue weighted by molar-refractivity contribution is 7.08. The van der Waals surface area contributed by atoms with Crippen LogP contribution in [0.1, 0.15) is 49.3 Å². The van der Waals surface area contributed by atoms with Gasteiger partial charge >= 0.3 is 0 Å². The molecule has 1 aliphatic carbocycles. The third-order valence-corrected chi connectivity index (χ3v) is 5.69. The second kappa shape index (κ2) is 4.95. The minimum Gasteiger partial charge on any atom is -0.375 e. The molecule has 18 heavy (non-hydrogen) atoms. The van der Waals surface area contributed by atoms with Crippen LogP contribution in [0.3, 0.4) is 0 Å². The molecule has 3 rings (SSSR count). The van der Waals surface area contributed by atoms with Crippen molar-refractivity contribution in [2.45, 2.75) is 50.7 Å². The molecule has 0 amide bonds. The van der Waals surface area contributed by atoms with E-state index in [9.17, 15) is 0 Å². The predicted octanol–water partition coefficient (Wildman–Crippen LogP) is 3.67. The lowest BCUT2D eigenvalue weighted by molar-refractivity contribution is -0.147. The van der Waals surface area contributed by atoms with Crippen LogP contribution >= 0.6 is 11.3 Å². The lowest BCUT2D eigenvalue weighted by Gasteiger charge is -2.48. The molecule has 2 heterocycles. The second-order valence-electron chi connectivity index (χ2n) is 5.91. The van der Waals surface area contributed by atoms with Crippen LogP contribution in [-0.2, 0) is 4.74 Å². The van der Waals surface area contributed by atoms with Crippen molar-refractivity contribution in [1.82, 2.24) is 5.32 Å². The minimum atomic E-state index is 0.252. The van der Waals surface area contributed by atoms with Gasteiger partial charge in [0.15, 0.2) is 0 Å². The van der Waals surface area contributed by atoms with Crippen molar-refractivity contribution in [3.05, 3.63) is 21.9 Å². The molecule has 1 saturated heterocycles. The summed E-state index contributed by atoms with van der Waals surface area (Å²) in [6.07, 6.45) is 6.36. The van der Waals surface area contributed by atoms with Gasteiger partial charge in [-0.2, -0.15) is 11.3 Å². The quantitative estimate of drug-likeness (QED) is 0.900. The largest absolute Gasteiger partial charge is 0.375 e. The Morgan fingerprint density at radius 3 is 2.83 bits per heavy atom. The summed E-state index contributed by atoms with van der Waals surface area (Å²) in [5, 5.41) is 8.13. The van der Waals surface area contributed by atoms with Crippen molar-refractivity contribution in [2.24, 2.45) is 5.92 Å². The molecule has 1 aromatic heterocycles. The fraction of sp³-hybridized carbons (Fsp3) is 0.733. The van der Waals surface area contributed by atoms with Crippen molar-refractivity contribution in [2.75, 3.05) is 13.7 Å². The topological polar surface area (TPSA) is 21.3 Å². The number of thiophene rings is 1. The molecule has 0 aromatic carbocycles. The molecular formula is C15H23NOS. The number of hydrogen-bond acceptors (Lipinski definition) is 3. The molecule has 2 unspecified atom stereocenters. The lowest BCUT2D eigenvalue weighted by Crippen LogP contribution is -2.47. The van der Waals surface area contributed by atoms with E-state index < -0.39 is 0 Å².